The number of hydrogen-bond acceptors (Lipinski definition) is 5. The normalized spacial score (nSPS) is 11.1. The lowest BCUT2D eigenvalue weighted by Gasteiger charge is -2.17. The zero-order chi connectivity index (χ0) is 12.8. The fourth-order valence-corrected chi connectivity index (χ4v) is 1.99. The molecular weight excluding hydrogens is 238 g/mol. The molecule has 17 heavy (non-hydrogen) atoms. The molecule has 0 aliphatic rings. The highest BCUT2D eigenvalue weighted by Gasteiger charge is 2.06. The van der Waals surface area contributed by atoms with Gasteiger partial charge in [-0.2, -0.15) is 0 Å². The van der Waals surface area contributed by atoms with Gasteiger partial charge >= 0.3 is 0 Å². The van der Waals surface area contributed by atoms with Gasteiger partial charge in [0, 0.05) is 30.1 Å². The van der Waals surface area contributed by atoms with E-state index in [0.717, 1.165) is 18.0 Å². The second kappa shape index (κ2) is 6.58. The van der Waals surface area contributed by atoms with Gasteiger partial charge in [-0.3, -0.25) is 10.1 Å². The first-order chi connectivity index (χ1) is 7.99. The molecule has 0 fully saturated rings. The van der Waals surface area contributed by atoms with Gasteiger partial charge in [0.15, 0.2) is 0 Å². The number of nitrogens with zero attached hydrogens (tertiary/aromatic N) is 3. The molecule has 0 saturated carbocycles. The zero-order valence-corrected chi connectivity index (χ0v) is 11.1. The monoisotopic (exact) mass is 255 g/mol. The average Bonchev–Trinajstić information content (AvgIpc) is 2.27. The second-order valence-corrected chi connectivity index (χ2v) is 5.27. The third-order valence-corrected chi connectivity index (χ3v) is 3.15. The Balaban J connectivity index is 2.48. The van der Waals surface area contributed by atoms with Crippen LogP contribution in [-0.4, -0.2) is 48.4 Å². The van der Waals surface area contributed by atoms with E-state index < -0.39 is 0 Å². The molecule has 0 atom stereocenters. The number of hydrogen-bond donors (Lipinski definition) is 0. The molecule has 0 amide bonds. The quantitative estimate of drug-likeness (QED) is 0.442. The van der Waals surface area contributed by atoms with E-state index in [-0.39, 0.29) is 10.6 Å². The van der Waals surface area contributed by atoms with Crippen molar-refractivity contribution in [2.24, 2.45) is 0 Å². The van der Waals surface area contributed by atoms with Gasteiger partial charge in [-0.25, -0.2) is 4.31 Å². The van der Waals surface area contributed by atoms with Gasteiger partial charge in [0.05, 0.1) is 4.92 Å². The fraction of sp³-hybridized carbons (Fsp3) is 0.455. The zero-order valence-electron chi connectivity index (χ0n) is 10.3. The van der Waals surface area contributed by atoms with E-state index in [1.165, 1.54) is 12.1 Å². The van der Waals surface area contributed by atoms with Gasteiger partial charge in [-0.1, -0.05) is 0 Å². The first-order valence-electron chi connectivity index (χ1n) is 5.27. The lowest BCUT2D eigenvalue weighted by atomic mass is 10.3. The van der Waals surface area contributed by atoms with Crippen LogP contribution in [0.15, 0.2) is 29.2 Å². The summed E-state index contributed by atoms with van der Waals surface area (Å²) in [6.07, 6.45) is 0. The highest BCUT2D eigenvalue weighted by atomic mass is 32.2. The summed E-state index contributed by atoms with van der Waals surface area (Å²) in [6, 6.07) is 6.61. The summed E-state index contributed by atoms with van der Waals surface area (Å²) in [7, 11) is 6.07. The predicted octanol–water partition coefficient (Wildman–Crippen LogP) is 2.10. The van der Waals surface area contributed by atoms with E-state index in [1.54, 1.807) is 24.1 Å². The average molecular weight is 255 g/mol. The lowest BCUT2D eigenvalue weighted by molar-refractivity contribution is -0.384. The van der Waals surface area contributed by atoms with Gasteiger partial charge in [0.2, 0.25) is 0 Å². The van der Waals surface area contributed by atoms with Gasteiger partial charge < -0.3 is 4.90 Å². The van der Waals surface area contributed by atoms with Crippen LogP contribution < -0.4 is 0 Å². The SMILES string of the molecule is CN(C)CCN(C)Sc1ccc([N+](=O)[O-])cc1. The fourth-order valence-electron chi connectivity index (χ4n) is 1.20. The highest BCUT2D eigenvalue weighted by molar-refractivity contribution is 7.97. The van der Waals surface area contributed by atoms with Crippen molar-refractivity contribution < 1.29 is 4.92 Å². The largest absolute Gasteiger partial charge is 0.308 e. The first-order valence-corrected chi connectivity index (χ1v) is 6.04. The van der Waals surface area contributed by atoms with Crippen LogP contribution in [0.25, 0.3) is 0 Å². The number of non-ortho nitro benzene ring substituents is 1. The Hall–Kier alpha value is -1.11. The van der Waals surface area contributed by atoms with Crippen molar-refractivity contribution in [1.29, 1.82) is 0 Å². The lowest BCUT2D eigenvalue weighted by Crippen LogP contribution is -2.24. The molecule has 1 aromatic rings. The molecule has 0 heterocycles. The predicted molar refractivity (Wildman–Crippen MR) is 70.1 cm³/mol. The van der Waals surface area contributed by atoms with Crippen LogP contribution in [0.3, 0.4) is 0 Å². The minimum absolute atomic E-state index is 0.130. The second-order valence-electron chi connectivity index (χ2n) is 4.00. The number of nitro groups is 1. The molecule has 0 saturated heterocycles. The van der Waals surface area contributed by atoms with Crippen LogP contribution in [0, 0.1) is 10.1 Å². The van der Waals surface area contributed by atoms with Crippen LogP contribution in [0.1, 0.15) is 0 Å². The van der Waals surface area contributed by atoms with E-state index in [2.05, 4.69) is 9.21 Å². The summed E-state index contributed by atoms with van der Waals surface area (Å²) < 4.78 is 2.11. The Labute approximate surface area is 106 Å². The Morgan fingerprint density at radius 2 is 1.76 bits per heavy atom. The molecule has 0 aromatic heterocycles. The van der Waals surface area contributed by atoms with Crippen molar-refractivity contribution in [3.63, 3.8) is 0 Å². The topological polar surface area (TPSA) is 49.6 Å². The molecule has 0 radical (unpaired) electrons. The van der Waals surface area contributed by atoms with Crippen LogP contribution in [0.4, 0.5) is 5.69 Å². The first kappa shape index (κ1) is 14.0. The summed E-state index contributed by atoms with van der Waals surface area (Å²) in [5.41, 5.74) is 0.130. The summed E-state index contributed by atoms with van der Waals surface area (Å²) in [4.78, 5) is 13.2. The number of likely N-dealkylation sites (N-methyl/N-ethyl adjacent to an activating group) is 2. The molecule has 0 N–H and O–H groups in total. The highest BCUT2D eigenvalue weighted by Crippen LogP contribution is 2.23. The number of benzene rings is 1. The summed E-state index contributed by atoms with van der Waals surface area (Å²) >= 11 is 1.59. The van der Waals surface area contributed by atoms with Crippen LogP contribution >= 0.6 is 11.9 Å². The van der Waals surface area contributed by atoms with Crippen LogP contribution in [0.5, 0.6) is 0 Å². The third kappa shape index (κ3) is 5.16. The summed E-state index contributed by atoms with van der Waals surface area (Å²) in [5.74, 6) is 0. The minimum atomic E-state index is -0.385. The molecule has 1 rings (SSSR count). The van der Waals surface area contributed by atoms with E-state index in [9.17, 15) is 10.1 Å². The number of rotatable bonds is 6. The third-order valence-electron chi connectivity index (χ3n) is 2.17. The van der Waals surface area contributed by atoms with Gasteiger partial charge in [-0.05, 0) is 45.2 Å². The summed E-state index contributed by atoms with van der Waals surface area (Å²) in [6.45, 7) is 1.92. The molecule has 94 valence electrons. The standard InChI is InChI=1S/C11H17N3O2S/c1-12(2)8-9-13(3)17-11-6-4-10(5-7-11)14(15)16/h4-7H,8-9H2,1-3H3. The van der Waals surface area contributed by atoms with E-state index in [1.807, 2.05) is 21.1 Å². The van der Waals surface area contributed by atoms with E-state index >= 15 is 0 Å². The van der Waals surface area contributed by atoms with Crippen molar-refractivity contribution in [1.82, 2.24) is 9.21 Å². The Kier molecular flexibility index (Phi) is 5.40. The molecule has 0 spiro atoms. The maximum absolute atomic E-state index is 10.5. The Morgan fingerprint density at radius 1 is 1.18 bits per heavy atom. The van der Waals surface area contributed by atoms with Crippen LogP contribution in [-0.2, 0) is 0 Å². The molecule has 0 bridgehead atoms. The Morgan fingerprint density at radius 3 is 2.24 bits per heavy atom. The van der Waals surface area contributed by atoms with Crippen molar-refractivity contribution in [3.05, 3.63) is 34.4 Å². The minimum Gasteiger partial charge on any atom is -0.308 e. The van der Waals surface area contributed by atoms with E-state index in [0.29, 0.717) is 0 Å². The van der Waals surface area contributed by atoms with E-state index in [4.69, 9.17) is 0 Å². The molecule has 1 aromatic carbocycles. The number of nitro benzene ring substituents is 1. The maximum Gasteiger partial charge on any atom is 0.269 e. The molecule has 5 nitrogen and oxygen atoms in total. The molecule has 0 aliphatic carbocycles. The smallest absolute Gasteiger partial charge is 0.269 e. The van der Waals surface area contributed by atoms with Crippen molar-refractivity contribution in [2.75, 3.05) is 34.2 Å². The molecular formula is C11H17N3O2S. The summed E-state index contributed by atoms with van der Waals surface area (Å²) in [5, 5.41) is 10.5. The van der Waals surface area contributed by atoms with Gasteiger partial charge in [0.25, 0.3) is 5.69 Å². The molecule has 0 unspecified atom stereocenters. The van der Waals surface area contributed by atoms with Crippen LogP contribution in [0.2, 0.25) is 0 Å². The van der Waals surface area contributed by atoms with Gasteiger partial charge in [0.1, 0.15) is 0 Å². The van der Waals surface area contributed by atoms with Gasteiger partial charge in [-0.15, -0.1) is 0 Å². The Bertz CT molecular complexity index is 367. The molecule has 0 aliphatic heterocycles. The van der Waals surface area contributed by atoms with Crippen molar-refractivity contribution in [3.8, 4) is 0 Å². The van der Waals surface area contributed by atoms with Crippen molar-refractivity contribution >= 4 is 17.6 Å². The molecule has 6 heteroatoms. The van der Waals surface area contributed by atoms with Crippen molar-refractivity contribution in [2.45, 2.75) is 4.90 Å². The maximum atomic E-state index is 10.5.